The average Bonchev–Trinajstić information content (AvgIpc) is 3.52. The number of carbonyl (C=O) groups is 1. The van der Waals surface area contributed by atoms with Gasteiger partial charge in [-0.25, -0.2) is 14.2 Å². The topological polar surface area (TPSA) is 70.9 Å². The lowest BCUT2D eigenvalue weighted by Crippen LogP contribution is -2.57. The molecule has 4 fully saturated rings. The predicted octanol–water partition coefficient (Wildman–Crippen LogP) is 5.50. The van der Waals surface area contributed by atoms with Gasteiger partial charge in [-0.05, 0) is 67.2 Å². The van der Waals surface area contributed by atoms with Crippen molar-refractivity contribution in [2.75, 3.05) is 45.9 Å². The number of likely N-dealkylation sites (tertiary alicyclic amines) is 2. The highest BCUT2D eigenvalue weighted by molar-refractivity contribution is 5.85. The van der Waals surface area contributed by atoms with Crippen molar-refractivity contribution in [3.05, 3.63) is 76.6 Å². The van der Waals surface area contributed by atoms with Gasteiger partial charge in [0.2, 0.25) is 0 Å². The standard InChI is InChI=1S/C34H42FN5O3.ClH/c35-27-8-9-30-29(20-27)32(41)39(24-36-30)22-26-10-14-38(23-34(26)12-4-5-13-34)33(42)40-15-11-28(37-16-18-43-19-17-37)21-31(40)25-6-2-1-3-7-25;/h1-3,6-9,20,24,26,28,31H,4-5,10-19,21-23H2;1H/t26-,28+,31-;/m0./s1. The first kappa shape index (κ1) is 31.0. The normalized spacial score (nSPS) is 25.7. The molecule has 1 aromatic heterocycles. The van der Waals surface area contributed by atoms with Crippen molar-refractivity contribution in [1.29, 1.82) is 0 Å². The second-order valence-electron chi connectivity index (χ2n) is 13.1. The van der Waals surface area contributed by atoms with Crippen LogP contribution in [0.1, 0.15) is 56.6 Å². The molecule has 236 valence electrons. The zero-order valence-electron chi connectivity index (χ0n) is 25.3. The van der Waals surface area contributed by atoms with Crippen LogP contribution in [0.5, 0.6) is 0 Å². The van der Waals surface area contributed by atoms with Crippen LogP contribution in [0.4, 0.5) is 9.18 Å². The van der Waals surface area contributed by atoms with Crippen LogP contribution in [-0.4, -0.2) is 82.3 Å². The van der Waals surface area contributed by atoms with Crippen LogP contribution in [0, 0.1) is 17.2 Å². The molecule has 0 bridgehead atoms. The molecule has 0 radical (unpaired) electrons. The van der Waals surface area contributed by atoms with E-state index in [4.69, 9.17) is 4.74 Å². The number of hydrogen-bond acceptors (Lipinski definition) is 5. The minimum atomic E-state index is -0.425. The number of nitrogens with zero attached hydrogens (tertiary/aromatic N) is 5. The highest BCUT2D eigenvalue weighted by atomic mass is 35.5. The Labute approximate surface area is 264 Å². The van der Waals surface area contributed by atoms with Gasteiger partial charge in [0.1, 0.15) is 5.82 Å². The molecule has 10 heteroatoms. The van der Waals surface area contributed by atoms with Crippen molar-refractivity contribution in [1.82, 2.24) is 24.3 Å². The molecule has 4 aliphatic rings. The van der Waals surface area contributed by atoms with E-state index in [9.17, 15) is 14.0 Å². The Morgan fingerprint density at radius 1 is 1.00 bits per heavy atom. The van der Waals surface area contributed by atoms with Crippen LogP contribution in [0.2, 0.25) is 0 Å². The number of rotatable bonds is 4. The lowest BCUT2D eigenvalue weighted by molar-refractivity contribution is -0.0128. The third-order valence-electron chi connectivity index (χ3n) is 10.8. The summed E-state index contributed by atoms with van der Waals surface area (Å²) in [6.07, 6.45) is 8.80. The van der Waals surface area contributed by atoms with Gasteiger partial charge in [0, 0.05) is 45.3 Å². The number of fused-ring (bicyclic) bond motifs is 1. The molecule has 1 aliphatic carbocycles. The Morgan fingerprint density at radius 2 is 1.77 bits per heavy atom. The van der Waals surface area contributed by atoms with Crippen molar-refractivity contribution >= 4 is 29.3 Å². The van der Waals surface area contributed by atoms with E-state index in [1.165, 1.54) is 17.7 Å². The summed E-state index contributed by atoms with van der Waals surface area (Å²) < 4.78 is 21.2. The zero-order valence-corrected chi connectivity index (χ0v) is 26.1. The molecule has 3 atom stereocenters. The molecule has 3 aliphatic heterocycles. The van der Waals surface area contributed by atoms with E-state index < -0.39 is 5.82 Å². The molecular weight excluding hydrogens is 581 g/mol. The smallest absolute Gasteiger partial charge is 0.320 e. The first-order valence-electron chi connectivity index (χ1n) is 16.1. The van der Waals surface area contributed by atoms with Crippen LogP contribution in [0.25, 0.3) is 10.9 Å². The van der Waals surface area contributed by atoms with Crippen molar-refractivity contribution in [2.45, 2.75) is 63.6 Å². The second-order valence-corrected chi connectivity index (χ2v) is 13.1. The molecule has 2 aromatic carbocycles. The molecule has 4 heterocycles. The lowest BCUT2D eigenvalue weighted by atomic mass is 9.69. The lowest BCUT2D eigenvalue weighted by Gasteiger charge is -2.50. The molecule has 0 N–H and O–H groups in total. The molecule has 2 amide bonds. The number of ether oxygens (including phenoxy) is 1. The Bertz CT molecular complexity index is 1510. The Hall–Kier alpha value is -3.01. The van der Waals surface area contributed by atoms with Crippen molar-refractivity contribution in [2.24, 2.45) is 11.3 Å². The zero-order chi connectivity index (χ0) is 29.4. The fraction of sp³-hybridized carbons (Fsp3) is 0.559. The maximum Gasteiger partial charge on any atom is 0.320 e. The number of urea groups is 1. The third kappa shape index (κ3) is 5.98. The average molecular weight is 624 g/mol. The largest absolute Gasteiger partial charge is 0.379 e. The summed E-state index contributed by atoms with van der Waals surface area (Å²) in [5.74, 6) is -0.160. The van der Waals surface area contributed by atoms with Crippen LogP contribution in [-0.2, 0) is 11.3 Å². The van der Waals surface area contributed by atoms with Crippen LogP contribution >= 0.6 is 12.4 Å². The van der Waals surface area contributed by atoms with Crippen molar-refractivity contribution in [3.8, 4) is 0 Å². The number of aromatic nitrogens is 2. The van der Waals surface area contributed by atoms with E-state index in [0.717, 1.165) is 84.3 Å². The number of morpholine rings is 1. The van der Waals surface area contributed by atoms with Crippen LogP contribution in [0.3, 0.4) is 0 Å². The summed E-state index contributed by atoms with van der Waals surface area (Å²) in [6, 6.07) is 15.4. The van der Waals surface area contributed by atoms with Crippen molar-refractivity contribution in [3.63, 3.8) is 0 Å². The number of halogens is 2. The van der Waals surface area contributed by atoms with Gasteiger partial charge >= 0.3 is 6.03 Å². The SMILES string of the molecule is Cl.O=C(N1CC[C@@H](Cn2cnc3ccc(F)cc3c2=O)C2(CCCC2)C1)N1CC[C@@H](N2CCOCC2)C[C@H]1c1ccccc1. The molecule has 1 spiro atoms. The molecule has 44 heavy (non-hydrogen) atoms. The summed E-state index contributed by atoms with van der Waals surface area (Å²) in [4.78, 5) is 39.0. The minimum absolute atomic E-state index is 0. The van der Waals surface area contributed by atoms with E-state index >= 15 is 0 Å². The van der Waals surface area contributed by atoms with E-state index in [1.807, 2.05) is 6.07 Å². The van der Waals surface area contributed by atoms with Gasteiger partial charge in [-0.3, -0.25) is 14.3 Å². The van der Waals surface area contributed by atoms with Crippen LogP contribution in [0.15, 0.2) is 59.7 Å². The molecule has 0 unspecified atom stereocenters. The van der Waals surface area contributed by atoms with Gasteiger partial charge in [0.15, 0.2) is 0 Å². The predicted molar refractivity (Wildman–Crippen MR) is 170 cm³/mol. The first-order valence-corrected chi connectivity index (χ1v) is 16.1. The second kappa shape index (κ2) is 13.2. The van der Waals surface area contributed by atoms with Gasteiger partial charge in [0.25, 0.3) is 5.56 Å². The highest BCUT2D eigenvalue weighted by Gasteiger charge is 2.48. The summed E-state index contributed by atoms with van der Waals surface area (Å²) in [7, 11) is 0. The summed E-state index contributed by atoms with van der Waals surface area (Å²) >= 11 is 0. The van der Waals surface area contributed by atoms with E-state index in [0.29, 0.717) is 30.0 Å². The molecule has 7 rings (SSSR count). The number of hydrogen-bond donors (Lipinski definition) is 0. The number of benzene rings is 2. The fourth-order valence-electron chi connectivity index (χ4n) is 8.42. The quantitative estimate of drug-likeness (QED) is 0.384. The van der Waals surface area contributed by atoms with E-state index in [2.05, 4.69) is 43.9 Å². The van der Waals surface area contributed by atoms with E-state index in [-0.39, 0.29) is 41.4 Å². The molecule has 3 aromatic rings. The fourth-order valence-corrected chi connectivity index (χ4v) is 8.42. The Kier molecular flexibility index (Phi) is 9.26. The maximum atomic E-state index is 14.4. The van der Waals surface area contributed by atoms with Gasteiger partial charge in [-0.15, -0.1) is 12.4 Å². The molecular formula is C34H43ClFN5O3. The summed E-state index contributed by atoms with van der Waals surface area (Å²) in [6.45, 7) is 6.20. The highest BCUT2D eigenvalue weighted by Crippen LogP contribution is 2.49. The van der Waals surface area contributed by atoms with Gasteiger partial charge < -0.3 is 14.5 Å². The molecule has 8 nitrogen and oxygen atoms in total. The van der Waals surface area contributed by atoms with Gasteiger partial charge in [0.05, 0.1) is 36.5 Å². The third-order valence-corrected chi connectivity index (χ3v) is 10.8. The van der Waals surface area contributed by atoms with Crippen molar-refractivity contribution < 1.29 is 13.9 Å². The number of piperidine rings is 2. The van der Waals surface area contributed by atoms with Crippen LogP contribution < -0.4 is 5.56 Å². The number of carbonyl (C=O) groups excluding carboxylic acids is 1. The monoisotopic (exact) mass is 623 g/mol. The Balaban J connectivity index is 0.00000343. The molecule has 1 saturated carbocycles. The maximum absolute atomic E-state index is 14.4. The Morgan fingerprint density at radius 3 is 2.55 bits per heavy atom. The summed E-state index contributed by atoms with van der Waals surface area (Å²) in [5, 5.41) is 0.322. The van der Waals surface area contributed by atoms with Gasteiger partial charge in [-0.2, -0.15) is 0 Å². The molecule has 3 saturated heterocycles. The van der Waals surface area contributed by atoms with Gasteiger partial charge in [-0.1, -0.05) is 43.2 Å². The summed E-state index contributed by atoms with van der Waals surface area (Å²) in [5.41, 5.74) is 1.52. The van der Waals surface area contributed by atoms with E-state index in [1.54, 1.807) is 17.0 Å². The minimum Gasteiger partial charge on any atom is -0.379 e. The number of amides is 2. The first-order chi connectivity index (χ1) is 21.0.